The molecule has 0 atom stereocenters. The highest BCUT2D eigenvalue weighted by Gasteiger charge is 2.31. The van der Waals surface area contributed by atoms with Gasteiger partial charge in [-0.3, -0.25) is 0 Å². The van der Waals surface area contributed by atoms with Crippen LogP contribution in [-0.4, -0.2) is 12.9 Å². The minimum atomic E-state index is -4.67. The normalized spacial score (nSPS) is 13.8. The van der Waals surface area contributed by atoms with Gasteiger partial charge in [-0.1, -0.05) is 24.3 Å². The molecule has 0 amide bonds. The number of alkyl halides is 3. The number of hydrogen-bond donors (Lipinski definition) is 1. The van der Waals surface area contributed by atoms with Gasteiger partial charge in [-0.15, -0.1) is 13.2 Å². The van der Waals surface area contributed by atoms with E-state index in [1.54, 1.807) is 12.1 Å². The maximum atomic E-state index is 12.3. The van der Waals surface area contributed by atoms with Crippen LogP contribution >= 0.6 is 0 Å². The van der Waals surface area contributed by atoms with E-state index in [0.29, 0.717) is 0 Å². The molecule has 0 aliphatic carbocycles. The lowest BCUT2D eigenvalue weighted by atomic mass is 9.98. The molecule has 3 rings (SSSR count). The lowest BCUT2D eigenvalue weighted by molar-refractivity contribution is -0.274. The molecular formula is C15H12F3NO. The Bertz CT molecular complexity index is 637. The molecule has 2 aromatic carbocycles. The number of rotatable bonds is 2. The highest BCUT2D eigenvalue weighted by molar-refractivity contribution is 5.76. The van der Waals surface area contributed by atoms with Crippen LogP contribution in [0.15, 0.2) is 42.5 Å². The third kappa shape index (κ3) is 2.57. The van der Waals surface area contributed by atoms with E-state index in [2.05, 4.69) is 10.1 Å². The maximum absolute atomic E-state index is 12.3. The molecule has 0 spiro atoms. The number of nitrogens with one attached hydrogen (secondary N) is 1. The van der Waals surface area contributed by atoms with Gasteiger partial charge in [-0.05, 0) is 41.3 Å². The van der Waals surface area contributed by atoms with E-state index in [0.717, 1.165) is 35.3 Å². The molecule has 0 saturated carbocycles. The molecule has 0 saturated heterocycles. The second-order valence-corrected chi connectivity index (χ2v) is 4.58. The summed E-state index contributed by atoms with van der Waals surface area (Å²) in [6, 6.07) is 11.9. The topological polar surface area (TPSA) is 21.3 Å². The molecule has 1 aliphatic rings. The Morgan fingerprint density at radius 1 is 1.05 bits per heavy atom. The summed E-state index contributed by atoms with van der Waals surface area (Å²) in [6.07, 6.45) is -3.80. The van der Waals surface area contributed by atoms with Crippen LogP contribution in [0.4, 0.5) is 18.9 Å². The zero-order chi connectivity index (χ0) is 14.2. The Labute approximate surface area is 114 Å². The molecule has 1 heterocycles. The van der Waals surface area contributed by atoms with Gasteiger partial charge in [0.05, 0.1) is 0 Å². The number of hydrogen-bond acceptors (Lipinski definition) is 2. The van der Waals surface area contributed by atoms with E-state index in [-0.39, 0.29) is 5.75 Å². The number of benzene rings is 2. The van der Waals surface area contributed by atoms with Crippen molar-refractivity contribution in [1.29, 1.82) is 0 Å². The minimum absolute atomic E-state index is 0.196. The Morgan fingerprint density at radius 3 is 2.65 bits per heavy atom. The summed E-state index contributed by atoms with van der Waals surface area (Å²) in [4.78, 5) is 0. The van der Waals surface area contributed by atoms with E-state index in [4.69, 9.17) is 0 Å². The summed E-state index contributed by atoms with van der Waals surface area (Å²) < 4.78 is 40.8. The molecule has 0 aromatic heterocycles. The first-order chi connectivity index (χ1) is 9.53. The van der Waals surface area contributed by atoms with Crippen LogP contribution in [0.25, 0.3) is 11.1 Å². The summed E-state index contributed by atoms with van der Waals surface area (Å²) in [6.45, 7) is 0.852. The molecule has 0 fully saturated rings. The second kappa shape index (κ2) is 4.74. The zero-order valence-electron chi connectivity index (χ0n) is 10.5. The number of ether oxygens (including phenoxy) is 1. The maximum Gasteiger partial charge on any atom is 0.573 e. The van der Waals surface area contributed by atoms with Crippen molar-refractivity contribution < 1.29 is 17.9 Å². The molecule has 0 radical (unpaired) electrons. The van der Waals surface area contributed by atoms with Crippen molar-refractivity contribution in [3.63, 3.8) is 0 Å². The van der Waals surface area contributed by atoms with Crippen LogP contribution in [0.5, 0.6) is 5.75 Å². The fraction of sp³-hybridized carbons (Fsp3) is 0.200. The van der Waals surface area contributed by atoms with Gasteiger partial charge in [0, 0.05) is 12.2 Å². The molecule has 0 bridgehead atoms. The number of anilines is 1. The lowest BCUT2D eigenvalue weighted by Gasteiger charge is -2.12. The largest absolute Gasteiger partial charge is 0.573 e. The fourth-order valence-corrected chi connectivity index (χ4v) is 2.48. The quantitative estimate of drug-likeness (QED) is 0.888. The van der Waals surface area contributed by atoms with Gasteiger partial charge in [0.15, 0.2) is 0 Å². The molecule has 1 aliphatic heterocycles. The third-order valence-corrected chi connectivity index (χ3v) is 3.25. The molecule has 2 aromatic rings. The van der Waals surface area contributed by atoms with Gasteiger partial charge in [-0.25, -0.2) is 0 Å². The van der Waals surface area contributed by atoms with Gasteiger partial charge < -0.3 is 10.1 Å². The minimum Gasteiger partial charge on any atom is -0.406 e. The van der Waals surface area contributed by atoms with E-state index in [9.17, 15) is 13.2 Å². The van der Waals surface area contributed by atoms with Crippen molar-refractivity contribution in [3.05, 3.63) is 48.0 Å². The SMILES string of the molecule is FC(F)(F)Oc1cccc(-c2cccc3c2CCN3)c1. The predicted octanol–water partition coefficient (Wildman–Crippen LogP) is 4.22. The second-order valence-electron chi connectivity index (χ2n) is 4.58. The highest BCUT2D eigenvalue weighted by Crippen LogP contribution is 2.34. The van der Waals surface area contributed by atoms with Gasteiger partial charge in [0.2, 0.25) is 0 Å². The van der Waals surface area contributed by atoms with Crippen molar-refractivity contribution in [3.8, 4) is 16.9 Å². The molecule has 0 unspecified atom stereocenters. The van der Waals surface area contributed by atoms with Crippen molar-refractivity contribution in [2.45, 2.75) is 12.8 Å². The van der Waals surface area contributed by atoms with Crippen LogP contribution in [0.3, 0.4) is 0 Å². The molecule has 1 N–H and O–H groups in total. The zero-order valence-corrected chi connectivity index (χ0v) is 10.5. The van der Waals surface area contributed by atoms with Gasteiger partial charge in [-0.2, -0.15) is 0 Å². The fourth-order valence-electron chi connectivity index (χ4n) is 2.48. The summed E-state index contributed by atoms with van der Waals surface area (Å²) >= 11 is 0. The summed E-state index contributed by atoms with van der Waals surface area (Å²) in [7, 11) is 0. The Hall–Kier alpha value is -2.17. The molecular weight excluding hydrogens is 267 g/mol. The van der Waals surface area contributed by atoms with E-state index in [1.165, 1.54) is 12.1 Å². The number of fused-ring (bicyclic) bond motifs is 1. The summed E-state index contributed by atoms with van der Waals surface area (Å²) in [5.74, 6) is -0.196. The van der Waals surface area contributed by atoms with Crippen LogP contribution in [0.2, 0.25) is 0 Å². The Morgan fingerprint density at radius 2 is 1.85 bits per heavy atom. The van der Waals surface area contributed by atoms with E-state index >= 15 is 0 Å². The van der Waals surface area contributed by atoms with Gasteiger partial charge in [0.1, 0.15) is 5.75 Å². The molecule has 20 heavy (non-hydrogen) atoms. The average molecular weight is 279 g/mol. The van der Waals surface area contributed by atoms with Crippen molar-refractivity contribution in [2.24, 2.45) is 0 Å². The van der Waals surface area contributed by atoms with Gasteiger partial charge >= 0.3 is 6.36 Å². The Kier molecular flexibility index (Phi) is 3.04. The van der Waals surface area contributed by atoms with Crippen molar-refractivity contribution in [1.82, 2.24) is 0 Å². The van der Waals surface area contributed by atoms with Crippen molar-refractivity contribution in [2.75, 3.05) is 11.9 Å². The predicted molar refractivity (Wildman–Crippen MR) is 70.8 cm³/mol. The number of halogens is 3. The van der Waals surface area contributed by atoms with Crippen LogP contribution in [0, 0.1) is 0 Å². The Balaban J connectivity index is 1.99. The van der Waals surface area contributed by atoms with Gasteiger partial charge in [0.25, 0.3) is 0 Å². The summed E-state index contributed by atoms with van der Waals surface area (Å²) in [5, 5.41) is 3.25. The molecule has 2 nitrogen and oxygen atoms in total. The lowest BCUT2D eigenvalue weighted by Crippen LogP contribution is -2.17. The summed E-state index contributed by atoms with van der Waals surface area (Å²) in [5.41, 5.74) is 3.86. The smallest absolute Gasteiger partial charge is 0.406 e. The van der Waals surface area contributed by atoms with Crippen LogP contribution < -0.4 is 10.1 Å². The van der Waals surface area contributed by atoms with Crippen LogP contribution in [-0.2, 0) is 6.42 Å². The standard InChI is InChI=1S/C15H12F3NO/c16-15(17,18)20-11-4-1-3-10(9-11)12-5-2-6-14-13(12)7-8-19-14/h1-6,9,19H,7-8H2. The monoisotopic (exact) mass is 279 g/mol. The average Bonchev–Trinajstić information content (AvgIpc) is 2.85. The first-order valence-electron chi connectivity index (χ1n) is 6.25. The van der Waals surface area contributed by atoms with E-state index in [1.807, 2.05) is 18.2 Å². The van der Waals surface area contributed by atoms with Crippen LogP contribution in [0.1, 0.15) is 5.56 Å². The third-order valence-electron chi connectivity index (χ3n) is 3.25. The highest BCUT2D eigenvalue weighted by atomic mass is 19.4. The first kappa shape index (κ1) is 12.8. The van der Waals surface area contributed by atoms with E-state index < -0.39 is 6.36 Å². The molecule has 104 valence electrons. The first-order valence-corrected chi connectivity index (χ1v) is 6.25. The molecule has 5 heteroatoms. The van der Waals surface area contributed by atoms with Crippen molar-refractivity contribution >= 4 is 5.69 Å².